The molecule has 21 heavy (non-hydrogen) atoms. The first kappa shape index (κ1) is 18.9. The molecule has 2 unspecified atom stereocenters. The number of nitrogens with zero attached hydrogens (tertiary/aromatic N) is 2. The number of rotatable bonds is 8. The van der Waals surface area contributed by atoms with Crippen molar-refractivity contribution in [3.63, 3.8) is 0 Å². The third-order valence-electron chi connectivity index (χ3n) is 4.60. The summed E-state index contributed by atoms with van der Waals surface area (Å²) in [5.74, 6) is 0.750. The van der Waals surface area contributed by atoms with Gasteiger partial charge in [-0.25, -0.2) is 0 Å². The van der Waals surface area contributed by atoms with Crippen LogP contribution in [0.25, 0.3) is 0 Å². The molecule has 1 saturated carbocycles. The number of likely N-dealkylation sites (N-methyl/N-ethyl adjacent to an activating group) is 2. The molecule has 0 spiro atoms. The molecular formula is C18H39N3. The van der Waals surface area contributed by atoms with Crippen molar-refractivity contribution in [2.24, 2.45) is 5.92 Å². The predicted molar refractivity (Wildman–Crippen MR) is 93.9 cm³/mol. The molecule has 0 aromatic carbocycles. The average Bonchev–Trinajstić information content (AvgIpc) is 2.38. The Hall–Kier alpha value is -0.120. The molecule has 0 bridgehead atoms. The fraction of sp³-hybridized carbons (Fsp3) is 1.00. The highest BCUT2D eigenvalue weighted by molar-refractivity contribution is 4.86. The van der Waals surface area contributed by atoms with Crippen molar-refractivity contribution in [1.29, 1.82) is 0 Å². The van der Waals surface area contributed by atoms with Crippen molar-refractivity contribution < 1.29 is 0 Å². The van der Waals surface area contributed by atoms with Crippen LogP contribution in [0.3, 0.4) is 0 Å². The second-order valence-corrected chi connectivity index (χ2v) is 7.42. The lowest BCUT2D eigenvalue weighted by Gasteiger charge is -2.40. The lowest BCUT2D eigenvalue weighted by molar-refractivity contribution is 0.111. The van der Waals surface area contributed by atoms with E-state index in [0.717, 1.165) is 18.5 Å². The van der Waals surface area contributed by atoms with Crippen LogP contribution < -0.4 is 5.32 Å². The second kappa shape index (κ2) is 10.6. The second-order valence-electron chi connectivity index (χ2n) is 7.42. The van der Waals surface area contributed by atoms with Crippen molar-refractivity contribution in [1.82, 2.24) is 15.1 Å². The van der Waals surface area contributed by atoms with Crippen LogP contribution in [0.15, 0.2) is 0 Å². The highest BCUT2D eigenvalue weighted by atomic mass is 15.2. The Morgan fingerprint density at radius 3 is 2.24 bits per heavy atom. The predicted octanol–water partition coefficient (Wildman–Crippen LogP) is 3.21. The van der Waals surface area contributed by atoms with E-state index < -0.39 is 0 Å². The van der Waals surface area contributed by atoms with Crippen LogP contribution in [-0.2, 0) is 0 Å². The van der Waals surface area contributed by atoms with E-state index in [9.17, 15) is 0 Å². The fourth-order valence-corrected chi connectivity index (χ4v) is 3.59. The molecule has 1 rings (SSSR count). The quantitative estimate of drug-likeness (QED) is 0.742. The summed E-state index contributed by atoms with van der Waals surface area (Å²) >= 11 is 0. The minimum Gasteiger partial charge on any atom is -0.313 e. The van der Waals surface area contributed by atoms with E-state index in [1.165, 1.54) is 58.2 Å². The van der Waals surface area contributed by atoms with Gasteiger partial charge in [-0.1, -0.05) is 46.5 Å². The van der Waals surface area contributed by atoms with Crippen LogP contribution in [0.4, 0.5) is 0 Å². The molecule has 0 aromatic rings. The Balaban J connectivity index is 2.74. The minimum absolute atomic E-state index is 0.691. The molecule has 0 amide bonds. The maximum absolute atomic E-state index is 3.79. The molecule has 1 aliphatic carbocycles. The Kier molecular flexibility index (Phi) is 9.54. The smallest absolute Gasteiger partial charge is 0.0249 e. The van der Waals surface area contributed by atoms with E-state index in [1.54, 1.807) is 0 Å². The van der Waals surface area contributed by atoms with Gasteiger partial charge < -0.3 is 10.2 Å². The van der Waals surface area contributed by atoms with E-state index >= 15 is 0 Å². The van der Waals surface area contributed by atoms with Gasteiger partial charge in [0, 0.05) is 31.7 Å². The summed E-state index contributed by atoms with van der Waals surface area (Å²) in [6.45, 7) is 11.7. The maximum atomic E-state index is 3.79. The molecule has 0 heterocycles. The van der Waals surface area contributed by atoms with Crippen molar-refractivity contribution in [2.45, 2.75) is 71.4 Å². The maximum Gasteiger partial charge on any atom is 0.0249 e. The summed E-state index contributed by atoms with van der Waals surface area (Å²) in [5, 5.41) is 3.79. The fourth-order valence-electron chi connectivity index (χ4n) is 3.59. The van der Waals surface area contributed by atoms with Gasteiger partial charge in [0.1, 0.15) is 0 Å². The first-order valence-corrected chi connectivity index (χ1v) is 9.16. The van der Waals surface area contributed by atoms with Crippen molar-refractivity contribution >= 4 is 0 Å². The summed E-state index contributed by atoms with van der Waals surface area (Å²) in [5.41, 5.74) is 0. The van der Waals surface area contributed by atoms with Crippen molar-refractivity contribution in [2.75, 3.05) is 40.3 Å². The van der Waals surface area contributed by atoms with Gasteiger partial charge in [-0.3, -0.25) is 4.90 Å². The summed E-state index contributed by atoms with van der Waals surface area (Å²) < 4.78 is 0. The lowest BCUT2D eigenvalue weighted by Crippen LogP contribution is -2.53. The van der Waals surface area contributed by atoms with E-state index in [1.807, 2.05) is 0 Å². The first-order valence-electron chi connectivity index (χ1n) is 9.16. The van der Waals surface area contributed by atoms with Gasteiger partial charge in [0.15, 0.2) is 0 Å². The Morgan fingerprint density at radius 1 is 1.00 bits per heavy atom. The highest BCUT2D eigenvalue weighted by Gasteiger charge is 2.27. The Bertz CT molecular complexity index is 253. The van der Waals surface area contributed by atoms with E-state index in [4.69, 9.17) is 0 Å². The van der Waals surface area contributed by atoms with Gasteiger partial charge in [0.25, 0.3) is 0 Å². The SMILES string of the molecule is CCNC1CCCCCCC1N(CCN(C)C)CC(C)C. The van der Waals surface area contributed by atoms with Crippen molar-refractivity contribution in [3.8, 4) is 0 Å². The van der Waals surface area contributed by atoms with Crippen LogP contribution in [0.2, 0.25) is 0 Å². The monoisotopic (exact) mass is 297 g/mol. The molecule has 0 aromatic heterocycles. The van der Waals surface area contributed by atoms with Crippen LogP contribution in [0.5, 0.6) is 0 Å². The molecule has 126 valence electrons. The van der Waals surface area contributed by atoms with Crippen LogP contribution in [-0.4, -0.2) is 62.2 Å². The topological polar surface area (TPSA) is 18.5 Å². The highest BCUT2D eigenvalue weighted by Crippen LogP contribution is 2.23. The Morgan fingerprint density at radius 2 is 1.67 bits per heavy atom. The summed E-state index contributed by atoms with van der Waals surface area (Å²) in [6, 6.07) is 1.42. The first-order chi connectivity index (χ1) is 10.0. The molecule has 1 fully saturated rings. The van der Waals surface area contributed by atoms with E-state index in [2.05, 4.69) is 50.0 Å². The van der Waals surface area contributed by atoms with E-state index in [-0.39, 0.29) is 0 Å². The third-order valence-corrected chi connectivity index (χ3v) is 4.60. The van der Waals surface area contributed by atoms with Gasteiger partial charge in [-0.15, -0.1) is 0 Å². The third kappa shape index (κ3) is 7.62. The molecule has 0 saturated heterocycles. The van der Waals surface area contributed by atoms with Gasteiger partial charge in [-0.2, -0.15) is 0 Å². The zero-order valence-corrected chi connectivity index (χ0v) is 15.2. The molecule has 1 aliphatic rings. The zero-order valence-electron chi connectivity index (χ0n) is 15.2. The largest absolute Gasteiger partial charge is 0.313 e. The van der Waals surface area contributed by atoms with Crippen LogP contribution in [0, 0.1) is 5.92 Å². The summed E-state index contributed by atoms with van der Waals surface area (Å²) in [6.07, 6.45) is 8.39. The van der Waals surface area contributed by atoms with Crippen molar-refractivity contribution in [3.05, 3.63) is 0 Å². The molecular weight excluding hydrogens is 258 g/mol. The lowest BCUT2D eigenvalue weighted by atomic mass is 9.90. The molecule has 1 N–H and O–H groups in total. The van der Waals surface area contributed by atoms with Gasteiger partial charge in [0.05, 0.1) is 0 Å². The number of nitrogens with one attached hydrogen (secondary N) is 1. The summed E-state index contributed by atoms with van der Waals surface area (Å²) in [7, 11) is 4.38. The standard InChI is InChI=1S/C18H39N3/c1-6-19-17-11-9-7-8-10-12-18(17)21(15-16(2)3)14-13-20(4)5/h16-19H,6-15H2,1-5H3. The summed E-state index contributed by atoms with van der Waals surface area (Å²) in [4.78, 5) is 5.10. The molecule has 0 aliphatic heterocycles. The molecule has 3 heteroatoms. The van der Waals surface area contributed by atoms with Gasteiger partial charge in [0.2, 0.25) is 0 Å². The average molecular weight is 298 g/mol. The zero-order chi connectivity index (χ0) is 15.7. The van der Waals surface area contributed by atoms with E-state index in [0.29, 0.717) is 6.04 Å². The molecule has 0 radical (unpaired) electrons. The van der Waals surface area contributed by atoms with Crippen LogP contribution >= 0.6 is 0 Å². The van der Waals surface area contributed by atoms with Crippen LogP contribution in [0.1, 0.15) is 59.3 Å². The normalized spacial score (nSPS) is 24.6. The Labute approximate surface area is 133 Å². The van der Waals surface area contributed by atoms with Gasteiger partial charge in [-0.05, 0) is 39.4 Å². The minimum atomic E-state index is 0.691. The van der Waals surface area contributed by atoms with Gasteiger partial charge >= 0.3 is 0 Å². The molecule has 2 atom stereocenters. The number of hydrogen-bond acceptors (Lipinski definition) is 3. The number of hydrogen-bond donors (Lipinski definition) is 1. The molecule has 3 nitrogen and oxygen atoms in total.